The summed E-state index contributed by atoms with van der Waals surface area (Å²) in [6.07, 6.45) is 7.02. The van der Waals surface area contributed by atoms with Crippen molar-refractivity contribution in [1.82, 2.24) is 19.5 Å². The molecule has 0 aliphatic carbocycles. The Hall–Kier alpha value is -2.69. The van der Waals surface area contributed by atoms with Crippen molar-refractivity contribution in [2.24, 2.45) is 0 Å². The fourth-order valence-corrected chi connectivity index (χ4v) is 2.15. The van der Waals surface area contributed by atoms with E-state index >= 15 is 0 Å². The van der Waals surface area contributed by atoms with E-state index in [-0.39, 0.29) is 0 Å². The number of aryl methyl sites for hydroxylation is 1. The molecular formula is C15H15N5. The van der Waals surface area contributed by atoms with E-state index in [1.165, 1.54) is 0 Å². The summed E-state index contributed by atoms with van der Waals surface area (Å²) in [6.45, 7) is 2.64. The maximum absolute atomic E-state index is 6.00. The van der Waals surface area contributed by atoms with Crippen LogP contribution in [0.3, 0.4) is 0 Å². The van der Waals surface area contributed by atoms with Crippen LogP contribution in [0.4, 0.5) is 5.69 Å². The van der Waals surface area contributed by atoms with Crippen molar-refractivity contribution in [2.75, 3.05) is 5.73 Å². The predicted molar refractivity (Wildman–Crippen MR) is 77.9 cm³/mol. The SMILES string of the molecule is Cc1cccc(Cn2cncc2-c2cnccc2N)n1. The van der Waals surface area contributed by atoms with Gasteiger partial charge in [0, 0.05) is 29.3 Å². The van der Waals surface area contributed by atoms with E-state index in [1.807, 2.05) is 29.7 Å². The Morgan fingerprint density at radius 1 is 1.15 bits per heavy atom. The van der Waals surface area contributed by atoms with E-state index in [1.54, 1.807) is 31.0 Å². The van der Waals surface area contributed by atoms with Crippen molar-refractivity contribution in [3.05, 3.63) is 60.6 Å². The van der Waals surface area contributed by atoms with Crippen LogP contribution in [-0.2, 0) is 6.54 Å². The first kappa shape index (κ1) is 12.3. The number of anilines is 1. The number of nitrogens with zero attached hydrogens (tertiary/aromatic N) is 4. The van der Waals surface area contributed by atoms with Gasteiger partial charge in [-0.1, -0.05) is 6.07 Å². The average Bonchev–Trinajstić information content (AvgIpc) is 2.87. The van der Waals surface area contributed by atoms with Gasteiger partial charge < -0.3 is 10.3 Å². The van der Waals surface area contributed by atoms with E-state index in [0.29, 0.717) is 12.2 Å². The van der Waals surface area contributed by atoms with Crippen LogP contribution in [0.25, 0.3) is 11.3 Å². The summed E-state index contributed by atoms with van der Waals surface area (Å²) in [5.74, 6) is 0. The number of pyridine rings is 2. The van der Waals surface area contributed by atoms with Crippen LogP contribution in [0.1, 0.15) is 11.4 Å². The molecule has 0 saturated heterocycles. The van der Waals surface area contributed by atoms with Gasteiger partial charge in [0.25, 0.3) is 0 Å². The van der Waals surface area contributed by atoms with Crippen LogP contribution >= 0.6 is 0 Å². The lowest BCUT2D eigenvalue weighted by Crippen LogP contribution is -2.04. The minimum Gasteiger partial charge on any atom is -0.398 e. The summed E-state index contributed by atoms with van der Waals surface area (Å²) >= 11 is 0. The van der Waals surface area contributed by atoms with Crippen LogP contribution in [0.15, 0.2) is 49.2 Å². The number of imidazole rings is 1. The largest absolute Gasteiger partial charge is 0.398 e. The van der Waals surface area contributed by atoms with Crippen LogP contribution in [0.5, 0.6) is 0 Å². The van der Waals surface area contributed by atoms with Gasteiger partial charge in [0.05, 0.1) is 30.5 Å². The van der Waals surface area contributed by atoms with Gasteiger partial charge in [-0.2, -0.15) is 0 Å². The second kappa shape index (κ2) is 5.13. The number of nitrogens with two attached hydrogens (primary N) is 1. The quantitative estimate of drug-likeness (QED) is 0.788. The molecule has 3 rings (SSSR count). The molecule has 0 aliphatic rings. The Balaban J connectivity index is 1.97. The average molecular weight is 265 g/mol. The van der Waals surface area contributed by atoms with Gasteiger partial charge in [-0.3, -0.25) is 9.97 Å². The number of aromatic nitrogens is 4. The molecule has 3 heterocycles. The molecule has 0 aromatic carbocycles. The van der Waals surface area contributed by atoms with Crippen LogP contribution in [0, 0.1) is 6.92 Å². The number of hydrogen-bond donors (Lipinski definition) is 1. The van der Waals surface area contributed by atoms with E-state index in [2.05, 4.69) is 15.0 Å². The van der Waals surface area contributed by atoms with Crippen LogP contribution in [0.2, 0.25) is 0 Å². The second-order valence-electron chi connectivity index (χ2n) is 4.64. The molecule has 0 bridgehead atoms. The maximum atomic E-state index is 6.00. The van der Waals surface area contributed by atoms with Crippen molar-refractivity contribution in [3.63, 3.8) is 0 Å². The molecule has 0 radical (unpaired) electrons. The van der Waals surface area contributed by atoms with Gasteiger partial charge in [0.15, 0.2) is 0 Å². The molecule has 5 heteroatoms. The molecule has 0 spiro atoms. The van der Waals surface area contributed by atoms with Crippen molar-refractivity contribution >= 4 is 5.69 Å². The molecule has 0 fully saturated rings. The molecule has 2 N–H and O–H groups in total. The monoisotopic (exact) mass is 265 g/mol. The number of rotatable bonds is 3. The van der Waals surface area contributed by atoms with E-state index in [9.17, 15) is 0 Å². The molecule has 0 atom stereocenters. The Bertz CT molecular complexity index is 732. The van der Waals surface area contributed by atoms with Crippen molar-refractivity contribution in [1.29, 1.82) is 0 Å². The van der Waals surface area contributed by atoms with Crippen molar-refractivity contribution in [3.8, 4) is 11.3 Å². The van der Waals surface area contributed by atoms with Gasteiger partial charge in [-0.15, -0.1) is 0 Å². The molecule has 0 aliphatic heterocycles. The fraction of sp³-hybridized carbons (Fsp3) is 0.133. The summed E-state index contributed by atoms with van der Waals surface area (Å²) in [5.41, 5.74) is 10.5. The minimum absolute atomic E-state index is 0.658. The van der Waals surface area contributed by atoms with Gasteiger partial charge >= 0.3 is 0 Å². The first-order valence-corrected chi connectivity index (χ1v) is 6.36. The van der Waals surface area contributed by atoms with Gasteiger partial charge in [0.2, 0.25) is 0 Å². The molecule has 0 unspecified atom stereocenters. The summed E-state index contributed by atoms with van der Waals surface area (Å²) in [4.78, 5) is 12.8. The number of nitrogen functional groups attached to an aromatic ring is 1. The zero-order valence-electron chi connectivity index (χ0n) is 11.2. The highest BCUT2D eigenvalue weighted by Gasteiger charge is 2.09. The van der Waals surface area contributed by atoms with Gasteiger partial charge in [-0.25, -0.2) is 4.98 Å². The van der Waals surface area contributed by atoms with Gasteiger partial charge in [0.1, 0.15) is 0 Å². The number of hydrogen-bond acceptors (Lipinski definition) is 4. The first-order chi connectivity index (χ1) is 9.74. The molecule has 100 valence electrons. The topological polar surface area (TPSA) is 69.6 Å². The highest BCUT2D eigenvalue weighted by Crippen LogP contribution is 2.24. The summed E-state index contributed by atoms with van der Waals surface area (Å²) in [7, 11) is 0. The van der Waals surface area contributed by atoms with E-state index in [0.717, 1.165) is 22.6 Å². The third-order valence-electron chi connectivity index (χ3n) is 3.12. The molecule has 5 nitrogen and oxygen atoms in total. The fourth-order valence-electron chi connectivity index (χ4n) is 2.15. The Kier molecular flexibility index (Phi) is 3.16. The van der Waals surface area contributed by atoms with Crippen LogP contribution in [-0.4, -0.2) is 19.5 Å². The molecule has 0 amide bonds. The van der Waals surface area contributed by atoms with Crippen molar-refractivity contribution < 1.29 is 0 Å². The summed E-state index contributed by atoms with van der Waals surface area (Å²) in [6, 6.07) is 7.78. The predicted octanol–water partition coefficient (Wildman–Crippen LogP) is 2.28. The highest BCUT2D eigenvalue weighted by molar-refractivity contribution is 5.72. The molecule has 20 heavy (non-hydrogen) atoms. The molecule has 3 aromatic heterocycles. The first-order valence-electron chi connectivity index (χ1n) is 6.36. The maximum Gasteiger partial charge on any atom is 0.0954 e. The zero-order valence-corrected chi connectivity index (χ0v) is 11.2. The molecular weight excluding hydrogens is 250 g/mol. The molecule has 3 aromatic rings. The standard InChI is InChI=1S/C15H15N5/c1-11-3-2-4-12(19-11)9-20-10-18-8-15(20)13-7-17-6-5-14(13)16/h2-8,10H,9H2,1H3,(H2,16,17). The Morgan fingerprint density at radius 2 is 2.05 bits per heavy atom. The van der Waals surface area contributed by atoms with Gasteiger partial charge in [-0.05, 0) is 25.1 Å². The molecule has 0 saturated carbocycles. The van der Waals surface area contributed by atoms with E-state index in [4.69, 9.17) is 5.73 Å². The summed E-state index contributed by atoms with van der Waals surface area (Å²) < 4.78 is 2.02. The second-order valence-corrected chi connectivity index (χ2v) is 4.64. The lowest BCUT2D eigenvalue weighted by molar-refractivity contribution is 0.776. The normalized spacial score (nSPS) is 10.7. The van der Waals surface area contributed by atoms with Crippen molar-refractivity contribution in [2.45, 2.75) is 13.5 Å². The Labute approximate surface area is 117 Å². The lowest BCUT2D eigenvalue weighted by atomic mass is 10.2. The van der Waals surface area contributed by atoms with Crippen LogP contribution < -0.4 is 5.73 Å². The third-order valence-corrected chi connectivity index (χ3v) is 3.12. The lowest BCUT2D eigenvalue weighted by Gasteiger charge is -2.09. The zero-order chi connectivity index (χ0) is 13.9. The van der Waals surface area contributed by atoms with E-state index < -0.39 is 0 Å². The smallest absolute Gasteiger partial charge is 0.0954 e. The Morgan fingerprint density at radius 3 is 2.85 bits per heavy atom. The third kappa shape index (κ3) is 2.38. The minimum atomic E-state index is 0.658. The summed E-state index contributed by atoms with van der Waals surface area (Å²) in [5, 5.41) is 0. The highest BCUT2D eigenvalue weighted by atomic mass is 15.1.